The van der Waals surface area contributed by atoms with Gasteiger partial charge in [0, 0.05) is 5.56 Å². The number of nitriles is 3. The molecule has 0 saturated carbocycles. The zero-order valence-electron chi connectivity index (χ0n) is 13.4. The van der Waals surface area contributed by atoms with Crippen LogP contribution in [0.5, 0.6) is 0 Å². The van der Waals surface area contributed by atoms with Crippen molar-refractivity contribution in [1.82, 2.24) is 4.98 Å². The van der Waals surface area contributed by atoms with E-state index in [1.165, 1.54) is 0 Å². The van der Waals surface area contributed by atoms with E-state index < -0.39 is 5.56 Å². The smallest absolute Gasteiger partial charge is 0.268 e. The second-order valence-corrected chi connectivity index (χ2v) is 5.45. The lowest BCUT2D eigenvalue weighted by atomic mass is 9.89. The first-order chi connectivity index (χ1) is 12.6. The molecule has 0 fully saturated rings. The Morgan fingerprint density at radius 3 is 2.19 bits per heavy atom. The van der Waals surface area contributed by atoms with Crippen LogP contribution in [-0.2, 0) is 0 Å². The largest absolute Gasteiger partial charge is 0.384 e. The van der Waals surface area contributed by atoms with E-state index in [-0.39, 0.29) is 22.5 Å². The molecule has 0 spiro atoms. The van der Waals surface area contributed by atoms with E-state index in [0.29, 0.717) is 16.7 Å². The van der Waals surface area contributed by atoms with E-state index in [0.717, 1.165) is 5.56 Å². The molecular formula is C20H11N5O. The quantitative estimate of drug-likeness (QED) is 0.742. The summed E-state index contributed by atoms with van der Waals surface area (Å²) in [6, 6.07) is 19.9. The van der Waals surface area contributed by atoms with Crippen molar-refractivity contribution in [2.24, 2.45) is 0 Å². The number of H-pyrrole nitrogens is 1. The summed E-state index contributed by atoms with van der Waals surface area (Å²) in [6.45, 7) is 0. The summed E-state index contributed by atoms with van der Waals surface area (Å²) >= 11 is 0. The Kier molecular flexibility index (Phi) is 4.22. The van der Waals surface area contributed by atoms with E-state index >= 15 is 0 Å². The molecule has 0 saturated heterocycles. The van der Waals surface area contributed by atoms with Crippen molar-refractivity contribution in [2.75, 3.05) is 5.73 Å². The summed E-state index contributed by atoms with van der Waals surface area (Å²) in [7, 11) is 0. The van der Waals surface area contributed by atoms with Gasteiger partial charge in [-0.15, -0.1) is 0 Å². The van der Waals surface area contributed by atoms with Crippen LogP contribution < -0.4 is 11.3 Å². The van der Waals surface area contributed by atoms with Crippen LogP contribution in [-0.4, -0.2) is 4.98 Å². The van der Waals surface area contributed by atoms with Crippen molar-refractivity contribution in [3.63, 3.8) is 0 Å². The summed E-state index contributed by atoms with van der Waals surface area (Å²) in [5, 5.41) is 28.1. The molecular weight excluding hydrogens is 326 g/mol. The van der Waals surface area contributed by atoms with Gasteiger partial charge in [-0.3, -0.25) is 4.79 Å². The average molecular weight is 337 g/mol. The van der Waals surface area contributed by atoms with E-state index in [1.54, 1.807) is 42.5 Å². The predicted octanol–water partition coefficient (Wildman–Crippen LogP) is 2.91. The number of hydrogen-bond acceptors (Lipinski definition) is 5. The Bertz CT molecular complexity index is 1200. The van der Waals surface area contributed by atoms with Crippen LogP contribution in [0.15, 0.2) is 53.3 Å². The highest BCUT2D eigenvalue weighted by atomic mass is 16.1. The van der Waals surface area contributed by atoms with Crippen molar-refractivity contribution in [2.45, 2.75) is 0 Å². The minimum absolute atomic E-state index is 0.0324. The van der Waals surface area contributed by atoms with Crippen molar-refractivity contribution in [3.8, 4) is 40.5 Å². The minimum Gasteiger partial charge on any atom is -0.384 e. The highest BCUT2D eigenvalue weighted by Crippen LogP contribution is 2.36. The molecule has 0 unspecified atom stereocenters. The van der Waals surface area contributed by atoms with Crippen molar-refractivity contribution in [1.29, 1.82) is 15.8 Å². The Balaban J connectivity index is 2.42. The number of anilines is 1. The molecule has 122 valence electrons. The number of hydrogen-bond donors (Lipinski definition) is 2. The first-order valence-electron chi connectivity index (χ1n) is 7.56. The summed E-state index contributed by atoms with van der Waals surface area (Å²) in [5.74, 6) is -0.0907. The van der Waals surface area contributed by atoms with Gasteiger partial charge in [-0.1, -0.05) is 36.4 Å². The zero-order valence-corrected chi connectivity index (χ0v) is 13.4. The maximum Gasteiger partial charge on any atom is 0.268 e. The molecule has 6 nitrogen and oxygen atoms in total. The van der Waals surface area contributed by atoms with Crippen molar-refractivity contribution in [3.05, 3.63) is 75.6 Å². The van der Waals surface area contributed by atoms with E-state index in [2.05, 4.69) is 11.1 Å². The molecule has 0 aliphatic carbocycles. The molecule has 26 heavy (non-hydrogen) atoms. The first-order valence-corrected chi connectivity index (χ1v) is 7.56. The molecule has 0 amide bonds. The number of nitrogens with one attached hydrogen (secondary N) is 1. The van der Waals surface area contributed by atoms with Gasteiger partial charge >= 0.3 is 0 Å². The number of pyridine rings is 1. The molecule has 6 heteroatoms. The summed E-state index contributed by atoms with van der Waals surface area (Å²) in [4.78, 5) is 14.5. The van der Waals surface area contributed by atoms with Crippen LogP contribution in [0.3, 0.4) is 0 Å². The van der Waals surface area contributed by atoms with Gasteiger partial charge in [0.2, 0.25) is 0 Å². The maximum atomic E-state index is 12.2. The Labute approximate surface area is 149 Å². The van der Waals surface area contributed by atoms with Crippen LogP contribution in [0.2, 0.25) is 0 Å². The lowest BCUT2D eigenvalue weighted by Crippen LogP contribution is -2.16. The van der Waals surface area contributed by atoms with Crippen LogP contribution in [0.1, 0.15) is 16.7 Å². The molecule has 0 aliphatic heterocycles. The fourth-order valence-corrected chi connectivity index (χ4v) is 2.82. The second kappa shape index (κ2) is 6.65. The number of nitrogens with two attached hydrogens (primary N) is 1. The predicted molar refractivity (Wildman–Crippen MR) is 96.5 cm³/mol. The molecule has 1 heterocycles. The number of rotatable bonds is 2. The molecule has 0 radical (unpaired) electrons. The van der Waals surface area contributed by atoms with Gasteiger partial charge in [-0.25, -0.2) is 0 Å². The fraction of sp³-hybridized carbons (Fsp3) is 0. The molecule has 0 atom stereocenters. The third-order valence-electron chi connectivity index (χ3n) is 3.97. The molecule has 3 aromatic rings. The summed E-state index contributed by atoms with van der Waals surface area (Å²) in [6.07, 6.45) is 0. The lowest BCUT2D eigenvalue weighted by Gasteiger charge is -2.13. The third kappa shape index (κ3) is 2.67. The van der Waals surface area contributed by atoms with Gasteiger partial charge in [0.25, 0.3) is 5.56 Å². The van der Waals surface area contributed by atoms with Crippen LogP contribution in [0.25, 0.3) is 22.3 Å². The molecule has 1 aromatic heterocycles. The Hall–Kier alpha value is -4.34. The SMILES string of the molecule is N#Cc1cccc(-c2ccccc2-c2c(C#N)c(N)[nH]c(=O)c2C#N)c1. The number of benzene rings is 2. The second-order valence-electron chi connectivity index (χ2n) is 5.45. The van der Waals surface area contributed by atoms with E-state index in [9.17, 15) is 15.3 Å². The van der Waals surface area contributed by atoms with Crippen molar-refractivity contribution >= 4 is 5.82 Å². The van der Waals surface area contributed by atoms with Gasteiger partial charge in [0.15, 0.2) is 0 Å². The normalized spacial score (nSPS) is 9.73. The Morgan fingerprint density at radius 1 is 0.846 bits per heavy atom. The Morgan fingerprint density at radius 2 is 1.54 bits per heavy atom. The minimum atomic E-state index is -0.653. The lowest BCUT2D eigenvalue weighted by molar-refractivity contribution is 1.21. The van der Waals surface area contributed by atoms with E-state index in [1.807, 2.05) is 18.2 Å². The fourth-order valence-electron chi connectivity index (χ4n) is 2.82. The van der Waals surface area contributed by atoms with Gasteiger partial charge in [0.05, 0.1) is 11.6 Å². The first kappa shape index (κ1) is 16.5. The molecule has 3 N–H and O–H groups in total. The zero-order chi connectivity index (χ0) is 18.7. The summed E-state index contributed by atoms with van der Waals surface area (Å²) < 4.78 is 0. The third-order valence-corrected chi connectivity index (χ3v) is 3.97. The van der Waals surface area contributed by atoms with E-state index in [4.69, 9.17) is 11.0 Å². The van der Waals surface area contributed by atoms with Crippen LogP contribution in [0, 0.1) is 34.0 Å². The monoisotopic (exact) mass is 337 g/mol. The number of aromatic amines is 1. The van der Waals surface area contributed by atoms with Gasteiger partial charge in [0.1, 0.15) is 29.1 Å². The molecule has 0 aliphatic rings. The highest BCUT2D eigenvalue weighted by Gasteiger charge is 2.20. The topological polar surface area (TPSA) is 130 Å². The number of nitrogens with zero attached hydrogens (tertiary/aromatic N) is 3. The summed E-state index contributed by atoms with van der Waals surface area (Å²) in [5.41, 5.74) is 7.59. The molecule has 3 rings (SSSR count). The van der Waals surface area contributed by atoms with Gasteiger partial charge < -0.3 is 10.7 Å². The van der Waals surface area contributed by atoms with Crippen LogP contribution >= 0.6 is 0 Å². The van der Waals surface area contributed by atoms with Gasteiger partial charge in [-0.05, 0) is 28.8 Å². The molecule has 2 aromatic carbocycles. The number of aromatic nitrogens is 1. The standard InChI is InChI=1S/C20H11N5O/c21-9-12-4-3-5-13(8-12)14-6-1-2-7-15(14)18-16(10-22)19(24)25-20(26)17(18)11-23/h1-8H,(H3,24,25,26). The van der Waals surface area contributed by atoms with Crippen molar-refractivity contribution < 1.29 is 0 Å². The molecule has 0 bridgehead atoms. The number of nitrogen functional groups attached to an aromatic ring is 1. The van der Waals surface area contributed by atoms with Crippen LogP contribution in [0.4, 0.5) is 5.82 Å². The highest BCUT2D eigenvalue weighted by molar-refractivity contribution is 5.90. The van der Waals surface area contributed by atoms with Gasteiger partial charge in [-0.2, -0.15) is 15.8 Å². The maximum absolute atomic E-state index is 12.2. The average Bonchev–Trinajstić information content (AvgIpc) is 2.67.